The van der Waals surface area contributed by atoms with Crippen LogP contribution in [0.2, 0.25) is 5.28 Å². The first-order valence-electron chi connectivity index (χ1n) is 4.03. The van der Waals surface area contributed by atoms with Gasteiger partial charge in [0, 0.05) is 11.4 Å². The molecular weight excluding hydrogens is 288 g/mol. The van der Waals surface area contributed by atoms with E-state index in [0.29, 0.717) is 0 Å². The van der Waals surface area contributed by atoms with Crippen LogP contribution in [0, 0.1) is 0 Å². The van der Waals surface area contributed by atoms with E-state index < -0.39 is 0 Å². The van der Waals surface area contributed by atoms with Crippen molar-refractivity contribution in [3.63, 3.8) is 0 Å². The fourth-order valence-corrected chi connectivity index (χ4v) is 2.20. The smallest absolute Gasteiger partial charge is 0.223 e. The zero-order valence-electron chi connectivity index (χ0n) is 7.74. The lowest BCUT2D eigenvalue weighted by atomic mass is 10.3. The number of rotatable bonds is 3. The Morgan fingerprint density at radius 1 is 1.57 bits per heavy atom. The zero-order chi connectivity index (χ0) is 10.7. The SMILES string of the molecule is CC(O)C(C)Sc1nc(Cl)ncc1Br. The summed E-state index contributed by atoms with van der Waals surface area (Å²) in [5.41, 5.74) is 0. The van der Waals surface area contributed by atoms with Gasteiger partial charge in [-0.15, -0.1) is 0 Å². The fraction of sp³-hybridized carbons (Fsp3) is 0.500. The number of hydrogen-bond donors (Lipinski definition) is 1. The normalized spacial score (nSPS) is 15.2. The average Bonchev–Trinajstić information content (AvgIpc) is 2.11. The largest absolute Gasteiger partial charge is 0.392 e. The van der Waals surface area contributed by atoms with Gasteiger partial charge in [-0.2, -0.15) is 0 Å². The molecule has 3 nitrogen and oxygen atoms in total. The first kappa shape index (κ1) is 12.2. The van der Waals surface area contributed by atoms with Crippen LogP contribution in [0.1, 0.15) is 13.8 Å². The van der Waals surface area contributed by atoms with Gasteiger partial charge in [-0.3, -0.25) is 0 Å². The van der Waals surface area contributed by atoms with Crippen LogP contribution < -0.4 is 0 Å². The molecule has 2 unspecified atom stereocenters. The Bertz CT molecular complexity index is 324. The van der Waals surface area contributed by atoms with E-state index >= 15 is 0 Å². The molecule has 0 fully saturated rings. The molecular formula is C8H10BrClN2OS. The number of hydrogen-bond acceptors (Lipinski definition) is 4. The maximum Gasteiger partial charge on any atom is 0.223 e. The summed E-state index contributed by atoms with van der Waals surface area (Å²) in [5.74, 6) is 0. The monoisotopic (exact) mass is 296 g/mol. The van der Waals surface area contributed by atoms with Gasteiger partial charge in [0.2, 0.25) is 5.28 Å². The van der Waals surface area contributed by atoms with Crippen molar-refractivity contribution in [3.8, 4) is 0 Å². The minimum absolute atomic E-state index is 0.0669. The summed E-state index contributed by atoms with van der Waals surface area (Å²) in [6.45, 7) is 3.67. The van der Waals surface area contributed by atoms with Crippen LogP contribution >= 0.6 is 39.3 Å². The summed E-state index contributed by atoms with van der Waals surface area (Å²) >= 11 is 10.4. The van der Waals surface area contributed by atoms with Crippen molar-refractivity contribution in [2.45, 2.75) is 30.2 Å². The molecule has 6 heteroatoms. The summed E-state index contributed by atoms with van der Waals surface area (Å²) in [7, 11) is 0. The minimum Gasteiger partial charge on any atom is -0.392 e. The second-order valence-electron chi connectivity index (χ2n) is 2.86. The van der Waals surface area contributed by atoms with Crippen LogP contribution in [0.25, 0.3) is 0 Å². The van der Waals surface area contributed by atoms with Crippen LogP contribution in [-0.4, -0.2) is 26.4 Å². The molecule has 0 amide bonds. The number of aliphatic hydroxyl groups is 1. The Kier molecular flexibility index (Phi) is 4.63. The van der Waals surface area contributed by atoms with Crippen molar-refractivity contribution in [3.05, 3.63) is 16.0 Å². The Morgan fingerprint density at radius 2 is 2.21 bits per heavy atom. The third-order valence-electron chi connectivity index (χ3n) is 1.66. The van der Waals surface area contributed by atoms with Crippen molar-refractivity contribution in [2.24, 2.45) is 0 Å². The van der Waals surface area contributed by atoms with Gasteiger partial charge in [-0.05, 0) is 34.5 Å². The zero-order valence-corrected chi connectivity index (χ0v) is 10.9. The fourth-order valence-electron chi connectivity index (χ4n) is 0.688. The predicted molar refractivity (Wildman–Crippen MR) is 61.7 cm³/mol. The summed E-state index contributed by atoms with van der Waals surface area (Å²) < 4.78 is 0.791. The Labute approximate surface area is 100 Å². The van der Waals surface area contributed by atoms with Gasteiger partial charge in [-0.25, -0.2) is 9.97 Å². The van der Waals surface area contributed by atoms with Gasteiger partial charge in [0.05, 0.1) is 10.6 Å². The first-order valence-corrected chi connectivity index (χ1v) is 6.08. The van der Waals surface area contributed by atoms with E-state index in [1.807, 2.05) is 6.92 Å². The molecule has 1 aromatic rings. The molecule has 0 radical (unpaired) electrons. The summed E-state index contributed by atoms with van der Waals surface area (Å²) in [5, 5.41) is 10.4. The third kappa shape index (κ3) is 3.38. The standard InChI is InChI=1S/C8H10BrClN2OS/c1-4(13)5(2)14-7-6(9)3-11-8(10)12-7/h3-5,13H,1-2H3. The van der Waals surface area contributed by atoms with Gasteiger partial charge in [0.15, 0.2) is 0 Å². The molecule has 1 rings (SSSR count). The van der Waals surface area contributed by atoms with Gasteiger partial charge >= 0.3 is 0 Å². The Morgan fingerprint density at radius 3 is 2.79 bits per heavy atom. The second-order valence-corrected chi connectivity index (χ2v) is 5.41. The molecule has 0 aliphatic rings. The van der Waals surface area contributed by atoms with Gasteiger partial charge < -0.3 is 5.11 Å². The van der Waals surface area contributed by atoms with E-state index in [0.717, 1.165) is 9.50 Å². The molecule has 0 saturated carbocycles. The molecule has 0 aliphatic heterocycles. The summed E-state index contributed by atoms with van der Waals surface area (Å²) in [4.78, 5) is 7.88. The van der Waals surface area contributed by atoms with Crippen molar-refractivity contribution >= 4 is 39.3 Å². The molecule has 0 bridgehead atoms. The predicted octanol–water partition coefficient (Wildman–Crippen LogP) is 2.75. The molecule has 0 saturated heterocycles. The molecule has 1 heterocycles. The van der Waals surface area contributed by atoms with Crippen LogP contribution in [0.5, 0.6) is 0 Å². The second kappa shape index (κ2) is 5.30. The van der Waals surface area contributed by atoms with Crippen LogP contribution in [0.4, 0.5) is 0 Å². The topological polar surface area (TPSA) is 46.0 Å². The van der Waals surface area contributed by atoms with E-state index in [1.165, 1.54) is 11.8 Å². The summed E-state index contributed by atoms with van der Waals surface area (Å²) in [6, 6.07) is 0. The summed E-state index contributed by atoms with van der Waals surface area (Å²) in [6.07, 6.45) is 1.22. The highest BCUT2D eigenvalue weighted by atomic mass is 79.9. The minimum atomic E-state index is -0.388. The van der Waals surface area contributed by atoms with E-state index in [4.69, 9.17) is 11.6 Å². The van der Waals surface area contributed by atoms with E-state index in [1.54, 1.807) is 13.1 Å². The van der Waals surface area contributed by atoms with Gasteiger partial charge in [0.1, 0.15) is 5.03 Å². The molecule has 14 heavy (non-hydrogen) atoms. The van der Waals surface area contributed by atoms with E-state index in [9.17, 15) is 5.11 Å². The van der Waals surface area contributed by atoms with Crippen LogP contribution in [0.15, 0.2) is 15.7 Å². The molecule has 0 aromatic carbocycles. The maximum absolute atomic E-state index is 9.33. The van der Waals surface area contributed by atoms with Crippen LogP contribution in [-0.2, 0) is 0 Å². The first-order chi connectivity index (χ1) is 6.50. The number of aromatic nitrogens is 2. The number of aliphatic hydroxyl groups excluding tert-OH is 1. The van der Waals surface area contributed by atoms with E-state index in [-0.39, 0.29) is 16.6 Å². The molecule has 0 spiro atoms. The quantitative estimate of drug-likeness (QED) is 0.529. The molecule has 78 valence electrons. The van der Waals surface area contributed by atoms with E-state index in [2.05, 4.69) is 25.9 Å². The van der Waals surface area contributed by atoms with Gasteiger partial charge in [0.25, 0.3) is 0 Å². The van der Waals surface area contributed by atoms with Crippen molar-refractivity contribution < 1.29 is 5.11 Å². The highest BCUT2D eigenvalue weighted by Crippen LogP contribution is 2.30. The lowest BCUT2D eigenvalue weighted by Crippen LogP contribution is -2.15. The lowest BCUT2D eigenvalue weighted by molar-refractivity contribution is 0.196. The van der Waals surface area contributed by atoms with Crippen molar-refractivity contribution in [1.29, 1.82) is 0 Å². The van der Waals surface area contributed by atoms with Crippen molar-refractivity contribution in [2.75, 3.05) is 0 Å². The number of nitrogens with zero attached hydrogens (tertiary/aromatic N) is 2. The highest BCUT2D eigenvalue weighted by molar-refractivity contribution is 9.10. The van der Waals surface area contributed by atoms with Crippen molar-refractivity contribution in [1.82, 2.24) is 9.97 Å². The molecule has 1 N–H and O–H groups in total. The highest BCUT2D eigenvalue weighted by Gasteiger charge is 2.14. The number of thioether (sulfide) groups is 1. The van der Waals surface area contributed by atoms with Crippen LogP contribution in [0.3, 0.4) is 0 Å². The van der Waals surface area contributed by atoms with Gasteiger partial charge in [-0.1, -0.05) is 18.7 Å². The maximum atomic E-state index is 9.33. The lowest BCUT2D eigenvalue weighted by Gasteiger charge is -2.13. The average molecular weight is 298 g/mol. The number of halogens is 2. The molecule has 2 atom stereocenters. The molecule has 1 aromatic heterocycles. The molecule has 0 aliphatic carbocycles. The Hall–Kier alpha value is 0.160. The third-order valence-corrected chi connectivity index (χ3v) is 3.98. The Balaban J connectivity index is 2.80.